The van der Waals surface area contributed by atoms with Gasteiger partial charge in [-0.05, 0) is 55.3 Å². The molecule has 0 bridgehead atoms. The van der Waals surface area contributed by atoms with Gasteiger partial charge in [-0.2, -0.15) is 4.31 Å². The van der Waals surface area contributed by atoms with Crippen LogP contribution in [-0.2, 0) is 14.8 Å². The second kappa shape index (κ2) is 10.1. The minimum absolute atomic E-state index is 0.0957. The van der Waals surface area contributed by atoms with Gasteiger partial charge in [0.05, 0.1) is 17.1 Å². The Bertz CT molecular complexity index is 1500. The first kappa shape index (κ1) is 24.5. The van der Waals surface area contributed by atoms with E-state index in [4.69, 9.17) is 23.2 Å². The summed E-state index contributed by atoms with van der Waals surface area (Å²) in [6.07, 6.45) is 3.21. The zero-order valence-electron chi connectivity index (χ0n) is 19.0. The number of sulfonamides is 1. The number of anilines is 1. The molecule has 1 N–H and O–H groups in total. The van der Waals surface area contributed by atoms with Crippen molar-refractivity contribution in [2.75, 3.05) is 11.9 Å². The van der Waals surface area contributed by atoms with Crippen molar-refractivity contribution in [1.82, 2.24) is 13.9 Å². The molecular weight excluding hydrogens is 519 g/mol. The van der Waals surface area contributed by atoms with Crippen LogP contribution in [0.5, 0.6) is 0 Å². The van der Waals surface area contributed by atoms with Crippen LogP contribution in [-0.4, -0.2) is 40.8 Å². The minimum atomic E-state index is -3.88. The number of nitrogens with zero attached hydrogens (tertiary/aromatic N) is 3. The second-order valence-electron chi connectivity index (χ2n) is 8.45. The Kier molecular flexibility index (Phi) is 6.85. The number of aromatic nitrogens is 2. The first-order valence-electron chi connectivity index (χ1n) is 11.3. The predicted octanol–water partition coefficient (Wildman–Crippen LogP) is 5.64. The predicted molar refractivity (Wildman–Crippen MR) is 141 cm³/mol. The molecule has 0 unspecified atom stereocenters. The topological polar surface area (TPSA) is 84.3 Å². The number of rotatable bonds is 8. The van der Waals surface area contributed by atoms with Gasteiger partial charge < -0.3 is 0 Å². The van der Waals surface area contributed by atoms with Gasteiger partial charge >= 0.3 is 0 Å². The van der Waals surface area contributed by atoms with Crippen LogP contribution >= 0.6 is 23.2 Å². The number of amides is 1. The van der Waals surface area contributed by atoms with Crippen molar-refractivity contribution < 1.29 is 13.2 Å². The molecule has 4 aromatic rings. The average Bonchev–Trinajstić information content (AvgIpc) is 3.62. The molecule has 0 aliphatic heterocycles. The van der Waals surface area contributed by atoms with Crippen LogP contribution in [0.15, 0.2) is 90.0 Å². The second-order valence-corrected chi connectivity index (χ2v) is 11.2. The number of halogens is 2. The Labute approximate surface area is 219 Å². The third-order valence-corrected chi connectivity index (χ3v) is 8.19. The highest BCUT2D eigenvalue weighted by Crippen LogP contribution is 2.32. The van der Waals surface area contributed by atoms with Crippen LogP contribution in [0.1, 0.15) is 12.8 Å². The van der Waals surface area contributed by atoms with Gasteiger partial charge in [0.2, 0.25) is 21.9 Å². The Morgan fingerprint density at radius 3 is 2.36 bits per heavy atom. The van der Waals surface area contributed by atoms with Crippen LogP contribution in [0, 0.1) is 0 Å². The molecule has 1 heterocycles. The van der Waals surface area contributed by atoms with Crippen LogP contribution in [0.3, 0.4) is 0 Å². The Balaban J connectivity index is 1.44. The molecule has 3 aromatic carbocycles. The fraction of sp³-hybridized carbons (Fsp3) is 0.154. The van der Waals surface area contributed by atoms with E-state index in [-0.39, 0.29) is 23.4 Å². The maximum Gasteiger partial charge on any atom is 0.243 e. The maximum absolute atomic E-state index is 13.3. The number of hydrogen-bond donors (Lipinski definition) is 1. The molecule has 1 aromatic heterocycles. The number of hydrogen-bond acceptors (Lipinski definition) is 4. The highest BCUT2D eigenvalue weighted by atomic mass is 35.5. The Morgan fingerprint density at radius 2 is 1.69 bits per heavy atom. The van der Waals surface area contributed by atoms with Crippen molar-refractivity contribution in [1.29, 1.82) is 0 Å². The lowest BCUT2D eigenvalue weighted by atomic mass is 10.2. The van der Waals surface area contributed by atoms with E-state index in [1.165, 1.54) is 28.6 Å². The normalized spacial score (nSPS) is 13.6. The molecule has 5 rings (SSSR count). The molecule has 1 aliphatic rings. The van der Waals surface area contributed by atoms with E-state index in [0.717, 1.165) is 5.56 Å². The van der Waals surface area contributed by atoms with E-state index < -0.39 is 15.9 Å². The average molecular weight is 541 g/mol. The number of nitrogens with one attached hydrogen (secondary N) is 1. The van der Waals surface area contributed by atoms with Gasteiger partial charge in [0.1, 0.15) is 0 Å². The van der Waals surface area contributed by atoms with Crippen molar-refractivity contribution >= 4 is 45.1 Å². The summed E-state index contributed by atoms with van der Waals surface area (Å²) in [7, 11) is -3.88. The van der Waals surface area contributed by atoms with Crippen LogP contribution in [0.2, 0.25) is 10.0 Å². The van der Waals surface area contributed by atoms with Gasteiger partial charge in [-0.25, -0.2) is 13.4 Å². The summed E-state index contributed by atoms with van der Waals surface area (Å²) in [4.78, 5) is 17.9. The first-order chi connectivity index (χ1) is 17.3. The fourth-order valence-electron chi connectivity index (χ4n) is 3.86. The van der Waals surface area contributed by atoms with Crippen molar-refractivity contribution in [3.8, 4) is 16.9 Å². The number of benzene rings is 3. The molecule has 7 nitrogen and oxygen atoms in total. The third kappa shape index (κ3) is 5.32. The molecule has 1 aliphatic carbocycles. The SMILES string of the molecule is O=C(CN(C1CC1)S(=O)(=O)c1ccc(Cl)cc1)Nc1nc(-c2ccccc2)cn1-c1cccc(Cl)c1. The molecule has 1 amide bonds. The molecule has 10 heteroatoms. The fourth-order valence-corrected chi connectivity index (χ4v) is 5.81. The lowest BCUT2D eigenvalue weighted by Crippen LogP contribution is -2.39. The van der Waals surface area contributed by atoms with Gasteiger partial charge in [-0.1, -0.05) is 59.6 Å². The Morgan fingerprint density at radius 1 is 0.972 bits per heavy atom. The maximum atomic E-state index is 13.3. The van der Waals surface area contributed by atoms with Crippen LogP contribution < -0.4 is 5.32 Å². The van der Waals surface area contributed by atoms with Gasteiger partial charge in [0.15, 0.2) is 0 Å². The summed E-state index contributed by atoms with van der Waals surface area (Å²) in [5, 5.41) is 3.78. The monoisotopic (exact) mass is 540 g/mol. The van der Waals surface area contributed by atoms with E-state index in [1.54, 1.807) is 29.0 Å². The molecule has 0 saturated heterocycles. The van der Waals surface area contributed by atoms with Crippen molar-refractivity contribution in [2.45, 2.75) is 23.8 Å². The largest absolute Gasteiger partial charge is 0.294 e. The highest BCUT2D eigenvalue weighted by Gasteiger charge is 2.39. The molecular formula is C26H22Cl2N4O3S. The Hall–Kier alpha value is -3.17. The molecule has 184 valence electrons. The smallest absolute Gasteiger partial charge is 0.243 e. The summed E-state index contributed by atoms with van der Waals surface area (Å²) in [5.41, 5.74) is 2.23. The zero-order valence-corrected chi connectivity index (χ0v) is 21.3. The van der Waals surface area contributed by atoms with Gasteiger partial charge in [-0.3, -0.25) is 14.7 Å². The molecule has 1 saturated carbocycles. The summed E-state index contributed by atoms with van der Waals surface area (Å²) in [6, 6.07) is 22.4. The zero-order chi connectivity index (χ0) is 25.3. The third-order valence-electron chi connectivity index (χ3n) is 5.79. The van der Waals surface area contributed by atoms with E-state index in [9.17, 15) is 13.2 Å². The lowest BCUT2D eigenvalue weighted by molar-refractivity contribution is -0.116. The van der Waals surface area contributed by atoms with E-state index in [2.05, 4.69) is 10.3 Å². The molecule has 36 heavy (non-hydrogen) atoms. The van der Waals surface area contributed by atoms with Gasteiger partial charge in [-0.15, -0.1) is 0 Å². The number of imidazole rings is 1. The quantitative estimate of drug-likeness (QED) is 0.313. The van der Waals surface area contributed by atoms with Crippen molar-refractivity contribution in [3.63, 3.8) is 0 Å². The van der Waals surface area contributed by atoms with Gasteiger partial charge in [0, 0.05) is 33.5 Å². The lowest BCUT2D eigenvalue weighted by Gasteiger charge is -2.21. The van der Waals surface area contributed by atoms with Gasteiger partial charge in [0.25, 0.3) is 0 Å². The number of carbonyl (C=O) groups excluding carboxylic acids is 1. The highest BCUT2D eigenvalue weighted by molar-refractivity contribution is 7.89. The minimum Gasteiger partial charge on any atom is -0.294 e. The van der Waals surface area contributed by atoms with Crippen molar-refractivity contribution in [3.05, 3.63) is 95.1 Å². The summed E-state index contributed by atoms with van der Waals surface area (Å²) in [6.45, 7) is -0.335. The summed E-state index contributed by atoms with van der Waals surface area (Å²) >= 11 is 12.1. The standard InChI is InChI=1S/C26H22Cl2N4O3S/c27-19-9-13-23(14-10-19)36(34,35)32(21-11-12-21)17-25(33)30-26-29-24(18-5-2-1-3-6-18)16-31(26)22-8-4-7-20(28)15-22/h1-10,13-16,21H,11-12,17H2,(H,29,30,33). The molecule has 0 atom stereocenters. The van der Waals surface area contributed by atoms with Crippen LogP contribution in [0.25, 0.3) is 16.9 Å². The number of carbonyl (C=O) groups is 1. The first-order valence-corrected chi connectivity index (χ1v) is 13.5. The molecule has 0 radical (unpaired) electrons. The van der Waals surface area contributed by atoms with Crippen molar-refractivity contribution in [2.24, 2.45) is 0 Å². The van der Waals surface area contributed by atoms with E-state index in [1.807, 2.05) is 36.4 Å². The molecule has 0 spiro atoms. The van der Waals surface area contributed by atoms with E-state index in [0.29, 0.717) is 34.3 Å². The van der Waals surface area contributed by atoms with E-state index >= 15 is 0 Å². The van der Waals surface area contributed by atoms with Crippen LogP contribution in [0.4, 0.5) is 5.95 Å². The molecule has 1 fully saturated rings. The summed E-state index contributed by atoms with van der Waals surface area (Å²) < 4.78 is 29.6. The summed E-state index contributed by atoms with van der Waals surface area (Å²) in [5.74, 6) is -0.228.